The first kappa shape index (κ1) is 16.9. The van der Waals surface area contributed by atoms with Crippen molar-refractivity contribution in [1.82, 2.24) is 4.90 Å². The Morgan fingerprint density at radius 1 is 1.13 bits per heavy atom. The molecule has 1 atom stereocenters. The number of rotatable bonds is 5. The van der Waals surface area contributed by atoms with Gasteiger partial charge in [0, 0.05) is 12.8 Å². The Bertz CT molecular complexity index is 754. The highest BCUT2D eigenvalue weighted by Gasteiger charge is 2.57. The van der Waals surface area contributed by atoms with Crippen LogP contribution < -0.4 is 0 Å². The predicted molar refractivity (Wildman–Crippen MR) is 74.7 cm³/mol. The van der Waals surface area contributed by atoms with Crippen LogP contribution in [0.1, 0.15) is 24.8 Å². The standard InChI is InChI=1S/C13H13NO8S/c15-9-3-1-8(2-4-9)13(7-12(18)19,23(20,21)22)14-10(16)5-6-11(14)17/h1-4,15H,5-7H2,(H,18,19)(H,20,21,22). The maximum absolute atomic E-state index is 12.0. The zero-order valence-electron chi connectivity index (χ0n) is 11.7. The lowest BCUT2D eigenvalue weighted by Crippen LogP contribution is -2.55. The molecule has 0 aromatic heterocycles. The van der Waals surface area contributed by atoms with Gasteiger partial charge in [0.15, 0.2) is 0 Å². The van der Waals surface area contributed by atoms with E-state index in [-0.39, 0.29) is 29.1 Å². The summed E-state index contributed by atoms with van der Waals surface area (Å²) < 4.78 is 33.8. The van der Waals surface area contributed by atoms with Crippen LogP contribution in [0.25, 0.3) is 0 Å². The van der Waals surface area contributed by atoms with Crippen molar-refractivity contribution >= 4 is 27.9 Å². The molecule has 0 bridgehead atoms. The normalized spacial score (nSPS) is 18.0. The number of carbonyl (C=O) groups is 3. The minimum absolute atomic E-state index is 0.243. The molecule has 3 N–H and O–H groups in total. The molecule has 1 unspecified atom stereocenters. The summed E-state index contributed by atoms with van der Waals surface area (Å²) in [6.45, 7) is 0. The number of carboxylic acid groups (broad SMARTS) is 1. The average molecular weight is 343 g/mol. The smallest absolute Gasteiger partial charge is 0.307 e. The second kappa shape index (κ2) is 5.63. The van der Waals surface area contributed by atoms with Crippen molar-refractivity contribution in [2.24, 2.45) is 0 Å². The molecule has 0 aliphatic carbocycles. The summed E-state index contributed by atoms with van der Waals surface area (Å²) in [6.07, 6.45) is -1.80. The Balaban J connectivity index is 2.80. The Morgan fingerprint density at radius 3 is 2.00 bits per heavy atom. The molecule has 1 aromatic carbocycles. The van der Waals surface area contributed by atoms with Crippen LogP contribution in [0, 0.1) is 0 Å². The van der Waals surface area contributed by atoms with Crippen LogP contribution >= 0.6 is 0 Å². The molecule has 1 aliphatic heterocycles. The van der Waals surface area contributed by atoms with Gasteiger partial charge in [-0.15, -0.1) is 0 Å². The number of benzene rings is 1. The van der Waals surface area contributed by atoms with E-state index in [1.165, 1.54) is 0 Å². The number of carbonyl (C=O) groups excluding carboxylic acids is 2. The number of amides is 2. The van der Waals surface area contributed by atoms with Crippen LogP contribution in [0.3, 0.4) is 0 Å². The fourth-order valence-electron chi connectivity index (χ4n) is 2.57. The van der Waals surface area contributed by atoms with Crippen molar-refractivity contribution in [2.45, 2.75) is 24.1 Å². The number of likely N-dealkylation sites (tertiary alicyclic amines) is 1. The van der Waals surface area contributed by atoms with Crippen LogP contribution in [-0.4, -0.2) is 45.9 Å². The zero-order valence-corrected chi connectivity index (χ0v) is 12.5. The minimum Gasteiger partial charge on any atom is -0.508 e. The zero-order chi connectivity index (χ0) is 17.4. The third kappa shape index (κ3) is 2.78. The van der Waals surface area contributed by atoms with Gasteiger partial charge in [-0.3, -0.25) is 23.8 Å². The molecule has 1 aromatic rings. The molecule has 0 radical (unpaired) electrons. The summed E-state index contributed by atoms with van der Waals surface area (Å²) in [5, 5.41) is 18.4. The molecule has 1 saturated heterocycles. The summed E-state index contributed by atoms with van der Waals surface area (Å²) in [5.74, 6) is -3.68. The molecule has 23 heavy (non-hydrogen) atoms. The molecular weight excluding hydrogens is 330 g/mol. The summed E-state index contributed by atoms with van der Waals surface area (Å²) in [5.41, 5.74) is -0.316. The van der Waals surface area contributed by atoms with Crippen molar-refractivity contribution in [1.29, 1.82) is 0 Å². The van der Waals surface area contributed by atoms with Gasteiger partial charge in [-0.25, -0.2) is 0 Å². The van der Waals surface area contributed by atoms with E-state index in [4.69, 9.17) is 5.11 Å². The molecule has 0 spiro atoms. The molecule has 1 fully saturated rings. The fraction of sp³-hybridized carbons (Fsp3) is 0.308. The summed E-state index contributed by atoms with van der Waals surface area (Å²) in [6, 6.07) is 4.18. The maximum atomic E-state index is 12.0. The van der Waals surface area contributed by atoms with Crippen LogP contribution in [0.4, 0.5) is 0 Å². The molecule has 2 rings (SSSR count). The number of carboxylic acids is 1. The van der Waals surface area contributed by atoms with Crippen LogP contribution in [0.2, 0.25) is 0 Å². The first-order valence-corrected chi connectivity index (χ1v) is 7.88. The number of aliphatic carboxylic acids is 1. The summed E-state index contributed by atoms with van der Waals surface area (Å²) in [4.78, 5) is 32.7. The molecular formula is C13H13NO8S. The van der Waals surface area contributed by atoms with Crippen molar-refractivity contribution in [3.05, 3.63) is 29.8 Å². The number of aromatic hydroxyl groups is 1. The molecule has 124 valence electrons. The quantitative estimate of drug-likeness (QED) is 0.501. The first-order chi connectivity index (χ1) is 10.6. The monoisotopic (exact) mass is 343 g/mol. The van der Waals surface area contributed by atoms with E-state index in [9.17, 15) is 32.5 Å². The van der Waals surface area contributed by atoms with Crippen LogP contribution in [-0.2, 0) is 29.4 Å². The SMILES string of the molecule is O=C(O)CC(c1ccc(O)cc1)(N1C(=O)CCC1=O)S(=O)(=O)O. The minimum atomic E-state index is -5.21. The topological polar surface area (TPSA) is 149 Å². The molecule has 10 heteroatoms. The summed E-state index contributed by atoms with van der Waals surface area (Å²) in [7, 11) is -5.21. The predicted octanol–water partition coefficient (Wildman–Crippen LogP) is 0.0565. The number of hydrogen-bond donors (Lipinski definition) is 3. The number of phenolic OH excluding ortho intramolecular Hbond substituents is 1. The molecule has 1 heterocycles. The second-order valence-electron chi connectivity index (χ2n) is 5.00. The lowest BCUT2D eigenvalue weighted by Gasteiger charge is -2.36. The fourth-order valence-corrected chi connectivity index (χ4v) is 3.75. The molecule has 2 amide bonds. The summed E-state index contributed by atoms with van der Waals surface area (Å²) >= 11 is 0. The van der Waals surface area contributed by atoms with Crippen LogP contribution in [0.5, 0.6) is 5.75 Å². The third-order valence-corrected chi connectivity index (χ3v) is 4.96. The second-order valence-corrected chi connectivity index (χ2v) is 6.63. The largest absolute Gasteiger partial charge is 0.508 e. The van der Waals surface area contributed by atoms with Gasteiger partial charge < -0.3 is 10.2 Å². The first-order valence-electron chi connectivity index (χ1n) is 6.44. The number of phenols is 1. The maximum Gasteiger partial charge on any atom is 0.307 e. The van der Waals surface area contributed by atoms with Crippen LogP contribution in [0.15, 0.2) is 24.3 Å². The van der Waals surface area contributed by atoms with Gasteiger partial charge in [0.25, 0.3) is 10.1 Å². The average Bonchev–Trinajstić information content (AvgIpc) is 2.75. The van der Waals surface area contributed by atoms with Gasteiger partial charge in [0.1, 0.15) is 5.75 Å². The van der Waals surface area contributed by atoms with Crippen molar-refractivity contribution < 1.29 is 37.6 Å². The molecule has 1 aliphatic rings. The van der Waals surface area contributed by atoms with Crippen molar-refractivity contribution in [3.8, 4) is 5.75 Å². The Hall–Kier alpha value is -2.46. The van der Waals surface area contributed by atoms with E-state index < -0.39 is 39.2 Å². The lowest BCUT2D eigenvalue weighted by atomic mass is 10.0. The van der Waals surface area contributed by atoms with Crippen molar-refractivity contribution in [2.75, 3.05) is 0 Å². The van der Waals surface area contributed by atoms with Gasteiger partial charge >= 0.3 is 5.97 Å². The van der Waals surface area contributed by atoms with Gasteiger partial charge in [0.05, 0.1) is 6.42 Å². The van der Waals surface area contributed by atoms with Gasteiger partial charge in [-0.05, 0) is 17.7 Å². The van der Waals surface area contributed by atoms with Gasteiger partial charge in [0.2, 0.25) is 16.7 Å². The Kier molecular flexibility index (Phi) is 4.14. The van der Waals surface area contributed by atoms with E-state index in [1.54, 1.807) is 0 Å². The highest BCUT2D eigenvalue weighted by Crippen LogP contribution is 2.41. The van der Waals surface area contributed by atoms with Crippen molar-refractivity contribution in [3.63, 3.8) is 0 Å². The van der Waals surface area contributed by atoms with Gasteiger partial charge in [-0.2, -0.15) is 8.42 Å². The van der Waals surface area contributed by atoms with E-state index in [0.717, 1.165) is 24.3 Å². The van der Waals surface area contributed by atoms with E-state index in [1.807, 2.05) is 0 Å². The number of imide groups is 1. The number of hydrogen-bond acceptors (Lipinski definition) is 6. The van der Waals surface area contributed by atoms with E-state index in [0.29, 0.717) is 0 Å². The van der Waals surface area contributed by atoms with E-state index in [2.05, 4.69) is 0 Å². The highest BCUT2D eigenvalue weighted by atomic mass is 32.2. The highest BCUT2D eigenvalue weighted by molar-refractivity contribution is 7.86. The van der Waals surface area contributed by atoms with Gasteiger partial charge in [-0.1, -0.05) is 12.1 Å². The number of nitrogens with zero attached hydrogens (tertiary/aromatic N) is 1. The van der Waals surface area contributed by atoms with E-state index >= 15 is 0 Å². The lowest BCUT2D eigenvalue weighted by molar-refractivity contribution is -0.147. The third-order valence-electron chi connectivity index (χ3n) is 3.55. The molecule has 9 nitrogen and oxygen atoms in total. The Labute approximate surface area is 130 Å². The molecule has 0 saturated carbocycles. The Morgan fingerprint density at radius 2 is 1.61 bits per heavy atom.